The minimum Gasteiger partial charge on any atom is -0.317 e. The first-order valence-electron chi connectivity index (χ1n) is 5.95. The van der Waals surface area contributed by atoms with Gasteiger partial charge in [0.15, 0.2) is 0 Å². The van der Waals surface area contributed by atoms with Gasteiger partial charge in [0, 0.05) is 6.04 Å². The van der Waals surface area contributed by atoms with Crippen molar-refractivity contribution in [1.29, 1.82) is 0 Å². The van der Waals surface area contributed by atoms with Crippen LogP contribution in [0.15, 0.2) is 0 Å². The normalized spacial score (nSPS) is 23.3. The Morgan fingerprint density at radius 3 is 2.38 bits per heavy atom. The van der Waals surface area contributed by atoms with Gasteiger partial charge in [0.2, 0.25) is 0 Å². The SMILES string of the molecule is CCC(C)CC(NC)C1CCCC1. The lowest BCUT2D eigenvalue weighted by molar-refractivity contribution is 0.312. The summed E-state index contributed by atoms with van der Waals surface area (Å²) in [6, 6.07) is 0.789. The summed E-state index contributed by atoms with van der Waals surface area (Å²) in [5.74, 6) is 1.86. The highest BCUT2D eigenvalue weighted by molar-refractivity contribution is 4.80. The predicted molar refractivity (Wildman–Crippen MR) is 58.9 cm³/mol. The van der Waals surface area contributed by atoms with Gasteiger partial charge in [-0.25, -0.2) is 0 Å². The maximum Gasteiger partial charge on any atom is 0.00948 e. The molecule has 1 heteroatoms. The fourth-order valence-electron chi connectivity index (χ4n) is 2.51. The van der Waals surface area contributed by atoms with Crippen molar-refractivity contribution in [1.82, 2.24) is 5.32 Å². The van der Waals surface area contributed by atoms with Crippen molar-refractivity contribution < 1.29 is 0 Å². The van der Waals surface area contributed by atoms with Gasteiger partial charge in [-0.1, -0.05) is 33.1 Å². The average Bonchev–Trinajstić information content (AvgIpc) is 2.66. The summed E-state index contributed by atoms with van der Waals surface area (Å²) >= 11 is 0. The molecule has 1 N–H and O–H groups in total. The van der Waals surface area contributed by atoms with Crippen molar-refractivity contribution in [3.05, 3.63) is 0 Å². The van der Waals surface area contributed by atoms with Crippen LogP contribution < -0.4 is 5.32 Å². The first-order valence-corrected chi connectivity index (χ1v) is 5.95. The van der Waals surface area contributed by atoms with E-state index in [1.54, 1.807) is 0 Å². The van der Waals surface area contributed by atoms with E-state index >= 15 is 0 Å². The third-order valence-electron chi connectivity index (χ3n) is 3.69. The molecule has 1 aliphatic carbocycles. The average molecular weight is 183 g/mol. The van der Waals surface area contributed by atoms with Gasteiger partial charge in [0.1, 0.15) is 0 Å². The van der Waals surface area contributed by atoms with Crippen LogP contribution >= 0.6 is 0 Å². The molecule has 1 saturated carbocycles. The lowest BCUT2D eigenvalue weighted by Gasteiger charge is -2.25. The summed E-state index contributed by atoms with van der Waals surface area (Å²) in [6.45, 7) is 4.67. The molecule has 0 bridgehead atoms. The number of hydrogen-bond acceptors (Lipinski definition) is 1. The van der Waals surface area contributed by atoms with Gasteiger partial charge in [0.25, 0.3) is 0 Å². The molecule has 0 saturated heterocycles. The van der Waals surface area contributed by atoms with Gasteiger partial charge in [0.05, 0.1) is 0 Å². The monoisotopic (exact) mass is 183 g/mol. The van der Waals surface area contributed by atoms with Crippen LogP contribution in [0.1, 0.15) is 52.4 Å². The van der Waals surface area contributed by atoms with E-state index in [1.807, 2.05) is 0 Å². The van der Waals surface area contributed by atoms with E-state index in [9.17, 15) is 0 Å². The zero-order valence-corrected chi connectivity index (χ0v) is 9.47. The van der Waals surface area contributed by atoms with Gasteiger partial charge in [-0.15, -0.1) is 0 Å². The fourth-order valence-corrected chi connectivity index (χ4v) is 2.51. The summed E-state index contributed by atoms with van der Waals surface area (Å²) in [6.07, 6.45) is 8.54. The Kier molecular flexibility index (Phi) is 4.79. The lowest BCUT2D eigenvalue weighted by Crippen LogP contribution is -2.33. The topological polar surface area (TPSA) is 12.0 Å². The molecule has 1 rings (SSSR count). The lowest BCUT2D eigenvalue weighted by atomic mass is 9.89. The van der Waals surface area contributed by atoms with E-state index in [2.05, 4.69) is 26.2 Å². The second kappa shape index (κ2) is 5.64. The molecule has 2 unspecified atom stereocenters. The molecule has 0 aromatic heterocycles. The maximum atomic E-state index is 3.51. The van der Waals surface area contributed by atoms with Gasteiger partial charge < -0.3 is 5.32 Å². The van der Waals surface area contributed by atoms with Crippen LogP contribution in [0.25, 0.3) is 0 Å². The third kappa shape index (κ3) is 3.30. The Labute approximate surface area is 83.3 Å². The first kappa shape index (κ1) is 11.0. The standard InChI is InChI=1S/C12H25N/c1-4-10(2)9-12(13-3)11-7-5-6-8-11/h10-13H,4-9H2,1-3H3. The molecular formula is C12H25N. The molecule has 0 aromatic rings. The molecule has 0 aliphatic heterocycles. The van der Waals surface area contributed by atoms with Crippen molar-refractivity contribution in [3.8, 4) is 0 Å². The summed E-state index contributed by atoms with van der Waals surface area (Å²) < 4.78 is 0. The molecule has 1 aliphatic rings. The molecule has 1 fully saturated rings. The zero-order chi connectivity index (χ0) is 9.68. The Bertz CT molecular complexity index is 127. The van der Waals surface area contributed by atoms with E-state index in [0.717, 1.165) is 17.9 Å². The molecular weight excluding hydrogens is 158 g/mol. The van der Waals surface area contributed by atoms with Crippen LogP contribution in [0.5, 0.6) is 0 Å². The van der Waals surface area contributed by atoms with Gasteiger partial charge in [-0.05, 0) is 38.1 Å². The smallest absolute Gasteiger partial charge is 0.00948 e. The highest BCUT2D eigenvalue weighted by Gasteiger charge is 2.24. The van der Waals surface area contributed by atoms with Crippen LogP contribution in [0.3, 0.4) is 0 Å². The number of nitrogens with one attached hydrogen (secondary N) is 1. The largest absolute Gasteiger partial charge is 0.317 e. The summed E-state index contributed by atoms with van der Waals surface area (Å²) in [5.41, 5.74) is 0. The summed E-state index contributed by atoms with van der Waals surface area (Å²) in [5, 5.41) is 3.51. The quantitative estimate of drug-likeness (QED) is 0.690. The molecule has 2 atom stereocenters. The van der Waals surface area contributed by atoms with E-state index in [4.69, 9.17) is 0 Å². The molecule has 0 spiro atoms. The molecule has 0 amide bonds. The second-order valence-corrected chi connectivity index (χ2v) is 4.69. The zero-order valence-electron chi connectivity index (χ0n) is 9.47. The van der Waals surface area contributed by atoms with E-state index < -0.39 is 0 Å². The second-order valence-electron chi connectivity index (χ2n) is 4.69. The van der Waals surface area contributed by atoms with Crippen molar-refractivity contribution in [2.45, 2.75) is 58.4 Å². The Balaban J connectivity index is 2.32. The van der Waals surface area contributed by atoms with Gasteiger partial charge >= 0.3 is 0 Å². The van der Waals surface area contributed by atoms with Crippen molar-refractivity contribution in [2.24, 2.45) is 11.8 Å². The molecule has 1 nitrogen and oxygen atoms in total. The molecule has 0 radical (unpaired) electrons. The predicted octanol–water partition coefficient (Wildman–Crippen LogP) is 3.20. The van der Waals surface area contributed by atoms with Crippen molar-refractivity contribution in [3.63, 3.8) is 0 Å². The fraction of sp³-hybridized carbons (Fsp3) is 1.00. The summed E-state index contributed by atoms with van der Waals surface area (Å²) in [4.78, 5) is 0. The first-order chi connectivity index (χ1) is 6.27. The third-order valence-corrected chi connectivity index (χ3v) is 3.69. The minimum absolute atomic E-state index is 0.789. The van der Waals surface area contributed by atoms with Crippen LogP contribution in [0.2, 0.25) is 0 Å². The van der Waals surface area contributed by atoms with Crippen molar-refractivity contribution in [2.75, 3.05) is 7.05 Å². The molecule has 0 heterocycles. The number of hydrogen-bond donors (Lipinski definition) is 1. The molecule has 78 valence electrons. The number of rotatable bonds is 5. The summed E-state index contributed by atoms with van der Waals surface area (Å²) in [7, 11) is 2.13. The van der Waals surface area contributed by atoms with Crippen LogP contribution in [0.4, 0.5) is 0 Å². The van der Waals surface area contributed by atoms with Gasteiger partial charge in [-0.2, -0.15) is 0 Å². The van der Waals surface area contributed by atoms with Crippen LogP contribution in [-0.4, -0.2) is 13.1 Å². The maximum absolute atomic E-state index is 3.51. The van der Waals surface area contributed by atoms with E-state index in [1.165, 1.54) is 38.5 Å². The Morgan fingerprint density at radius 1 is 1.31 bits per heavy atom. The van der Waals surface area contributed by atoms with Crippen molar-refractivity contribution >= 4 is 0 Å². The molecule has 13 heavy (non-hydrogen) atoms. The highest BCUT2D eigenvalue weighted by Crippen LogP contribution is 2.30. The van der Waals surface area contributed by atoms with Crippen LogP contribution in [0, 0.1) is 11.8 Å². The molecule has 0 aromatic carbocycles. The van der Waals surface area contributed by atoms with E-state index in [0.29, 0.717) is 0 Å². The highest BCUT2D eigenvalue weighted by atomic mass is 14.9. The van der Waals surface area contributed by atoms with E-state index in [-0.39, 0.29) is 0 Å². The minimum atomic E-state index is 0.789. The van der Waals surface area contributed by atoms with Gasteiger partial charge in [-0.3, -0.25) is 0 Å². The Hall–Kier alpha value is -0.0400. The Morgan fingerprint density at radius 2 is 1.92 bits per heavy atom. The van der Waals surface area contributed by atoms with Crippen LogP contribution in [-0.2, 0) is 0 Å².